The van der Waals surface area contributed by atoms with E-state index < -0.39 is 5.97 Å². The molecule has 0 radical (unpaired) electrons. The minimum absolute atomic E-state index is 0.118. The highest BCUT2D eigenvalue weighted by Gasteiger charge is 2.17. The van der Waals surface area contributed by atoms with E-state index in [1.165, 1.54) is 0 Å². The lowest BCUT2D eigenvalue weighted by Crippen LogP contribution is -2.10. The summed E-state index contributed by atoms with van der Waals surface area (Å²) in [6.07, 6.45) is 1.60. The lowest BCUT2D eigenvalue weighted by Gasteiger charge is -2.18. The highest BCUT2D eigenvalue weighted by molar-refractivity contribution is 5.89. The van der Waals surface area contributed by atoms with Gasteiger partial charge in [0.25, 0.3) is 0 Å². The van der Waals surface area contributed by atoms with Crippen LogP contribution in [-0.4, -0.2) is 17.7 Å². The van der Waals surface area contributed by atoms with Crippen molar-refractivity contribution in [2.24, 2.45) is 0 Å². The van der Waals surface area contributed by atoms with Crippen molar-refractivity contribution in [2.75, 3.05) is 6.61 Å². The summed E-state index contributed by atoms with van der Waals surface area (Å²) < 4.78 is 5.65. The van der Waals surface area contributed by atoms with Crippen LogP contribution in [0.2, 0.25) is 0 Å². The van der Waals surface area contributed by atoms with Gasteiger partial charge in [0.05, 0.1) is 11.7 Å². The van der Waals surface area contributed by atoms with E-state index in [9.17, 15) is 4.79 Å². The molecule has 16 heavy (non-hydrogen) atoms. The minimum Gasteiger partial charge on any atom is -0.478 e. The van der Waals surface area contributed by atoms with Gasteiger partial charge in [0.2, 0.25) is 0 Å². The van der Waals surface area contributed by atoms with Crippen LogP contribution in [0.3, 0.4) is 0 Å². The molecule has 0 aliphatic heterocycles. The molecule has 0 aromatic heterocycles. The standard InChI is InChI=1S/C13H18O3/c1-3-9-16-12(4-2)10-7-5-6-8-11(10)13(14)15/h5-8,12H,3-4,9H2,1-2H3,(H,14,15). The Morgan fingerprint density at radius 1 is 1.38 bits per heavy atom. The molecule has 0 fully saturated rings. The Kier molecular flexibility index (Phi) is 4.99. The number of hydrogen-bond donors (Lipinski definition) is 1. The number of rotatable bonds is 6. The number of carboxylic acid groups (broad SMARTS) is 1. The summed E-state index contributed by atoms with van der Waals surface area (Å²) in [4.78, 5) is 11.1. The molecule has 3 nitrogen and oxygen atoms in total. The molecule has 1 aromatic rings. The van der Waals surface area contributed by atoms with Crippen molar-refractivity contribution < 1.29 is 14.6 Å². The van der Waals surface area contributed by atoms with Crippen LogP contribution in [0, 0.1) is 0 Å². The van der Waals surface area contributed by atoms with Gasteiger partial charge in [0, 0.05) is 6.61 Å². The fourth-order valence-electron chi connectivity index (χ4n) is 1.66. The van der Waals surface area contributed by atoms with Crippen molar-refractivity contribution in [1.82, 2.24) is 0 Å². The maximum atomic E-state index is 11.1. The zero-order valence-corrected chi connectivity index (χ0v) is 9.77. The molecule has 3 heteroatoms. The molecule has 0 aliphatic carbocycles. The number of carbonyl (C=O) groups is 1. The summed E-state index contributed by atoms with van der Waals surface area (Å²) in [5.74, 6) is -0.894. The van der Waals surface area contributed by atoms with Gasteiger partial charge in [-0.2, -0.15) is 0 Å². The van der Waals surface area contributed by atoms with E-state index >= 15 is 0 Å². The molecular formula is C13H18O3. The van der Waals surface area contributed by atoms with E-state index in [1.807, 2.05) is 26.0 Å². The number of carboxylic acids is 1. The van der Waals surface area contributed by atoms with Crippen LogP contribution in [0.4, 0.5) is 0 Å². The first-order chi connectivity index (χ1) is 7.70. The van der Waals surface area contributed by atoms with Gasteiger partial charge < -0.3 is 9.84 Å². The van der Waals surface area contributed by atoms with Crippen molar-refractivity contribution >= 4 is 5.97 Å². The summed E-state index contributed by atoms with van der Waals surface area (Å²) in [7, 11) is 0. The van der Waals surface area contributed by atoms with Gasteiger partial charge in [-0.15, -0.1) is 0 Å². The first-order valence-electron chi connectivity index (χ1n) is 5.64. The molecule has 1 rings (SSSR count). The third-order valence-electron chi connectivity index (χ3n) is 2.43. The lowest BCUT2D eigenvalue weighted by atomic mass is 10.0. The Morgan fingerprint density at radius 2 is 2.06 bits per heavy atom. The van der Waals surface area contributed by atoms with E-state index in [0.717, 1.165) is 18.4 Å². The second kappa shape index (κ2) is 6.28. The van der Waals surface area contributed by atoms with E-state index in [1.54, 1.807) is 12.1 Å². The zero-order valence-electron chi connectivity index (χ0n) is 9.77. The van der Waals surface area contributed by atoms with Crippen LogP contribution in [0.1, 0.15) is 48.7 Å². The van der Waals surface area contributed by atoms with Crippen LogP contribution < -0.4 is 0 Å². The predicted molar refractivity (Wildman–Crippen MR) is 62.7 cm³/mol. The van der Waals surface area contributed by atoms with Crippen molar-refractivity contribution in [2.45, 2.75) is 32.8 Å². The maximum absolute atomic E-state index is 11.1. The van der Waals surface area contributed by atoms with E-state index in [2.05, 4.69) is 0 Å². The molecule has 1 unspecified atom stereocenters. The van der Waals surface area contributed by atoms with Gasteiger partial charge in [-0.1, -0.05) is 32.0 Å². The average molecular weight is 222 g/mol. The zero-order chi connectivity index (χ0) is 12.0. The van der Waals surface area contributed by atoms with Crippen molar-refractivity contribution in [1.29, 1.82) is 0 Å². The smallest absolute Gasteiger partial charge is 0.336 e. The first-order valence-corrected chi connectivity index (χ1v) is 5.64. The number of benzene rings is 1. The van der Waals surface area contributed by atoms with Crippen LogP contribution in [0.5, 0.6) is 0 Å². The normalized spacial score (nSPS) is 12.4. The molecule has 0 bridgehead atoms. The molecule has 88 valence electrons. The number of hydrogen-bond acceptors (Lipinski definition) is 2. The quantitative estimate of drug-likeness (QED) is 0.803. The second-order valence-corrected chi connectivity index (χ2v) is 3.66. The van der Waals surface area contributed by atoms with Gasteiger partial charge >= 0.3 is 5.97 Å². The molecule has 1 aromatic carbocycles. The third-order valence-corrected chi connectivity index (χ3v) is 2.43. The second-order valence-electron chi connectivity index (χ2n) is 3.66. The third kappa shape index (κ3) is 3.07. The predicted octanol–water partition coefficient (Wildman–Crippen LogP) is 3.26. The molecular weight excluding hydrogens is 204 g/mol. The highest BCUT2D eigenvalue weighted by atomic mass is 16.5. The summed E-state index contributed by atoms with van der Waals surface area (Å²) in [5.41, 5.74) is 1.11. The number of aromatic carboxylic acids is 1. The monoisotopic (exact) mass is 222 g/mol. The first kappa shape index (κ1) is 12.7. The van der Waals surface area contributed by atoms with Gasteiger partial charge in [-0.25, -0.2) is 4.79 Å². The van der Waals surface area contributed by atoms with Gasteiger partial charge in [0.1, 0.15) is 0 Å². The molecule has 1 N–H and O–H groups in total. The lowest BCUT2D eigenvalue weighted by molar-refractivity contribution is 0.0476. The Bertz CT molecular complexity index is 347. The summed E-state index contributed by atoms with van der Waals surface area (Å²) in [6, 6.07) is 7.03. The molecule has 1 atom stereocenters. The topological polar surface area (TPSA) is 46.5 Å². The summed E-state index contributed by atoms with van der Waals surface area (Å²) in [6.45, 7) is 4.70. The van der Waals surface area contributed by atoms with Crippen molar-refractivity contribution in [3.8, 4) is 0 Å². The van der Waals surface area contributed by atoms with E-state index in [-0.39, 0.29) is 6.10 Å². The highest BCUT2D eigenvalue weighted by Crippen LogP contribution is 2.24. The van der Waals surface area contributed by atoms with Gasteiger partial charge in [0.15, 0.2) is 0 Å². The van der Waals surface area contributed by atoms with Crippen LogP contribution in [0.25, 0.3) is 0 Å². The molecule has 0 saturated carbocycles. The Hall–Kier alpha value is -1.35. The van der Waals surface area contributed by atoms with Gasteiger partial charge in [-0.3, -0.25) is 0 Å². The fourth-order valence-corrected chi connectivity index (χ4v) is 1.66. The summed E-state index contributed by atoms with van der Waals surface area (Å²) >= 11 is 0. The van der Waals surface area contributed by atoms with Crippen molar-refractivity contribution in [3.63, 3.8) is 0 Å². The van der Waals surface area contributed by atoms with Gasteiger partial charge in [-0.05, 0) is 24.5 Å². The average Bonchev–Trinajstić information content (AvgIpc) is 2.30. The van der Waals surface area contributed by atoms with Crippen LogP contribution in [0.15, 0.2) is 24.3 Å². The van der Waals surface area contributed by atoms with E-state index in [0.29, 0.717) is 12.2 Å². The molecule has 0 saturated heterocycles. The summed E-state index contributed by atoms with van der Waals surface area (Å²) in [5, 5.41) is 9.08. The maximum Gasteiger partial charge on any atom is 0.336 e. The van der Waals surface area contributed by atoms with Crippen LogP contribution >= 0.6 is 0 Å². The Labute approximate surface area is 96.1 Å². The fraction of sp³-hybridized carbons (Fsp3) is 0.462. The Balaban J connectivity index is 2.94. The van der Waals surface area contributed by atoms with Crippen molar-refractivity contribution in [3.05, 3.63) is 35.4 Å². The van der Waals surface area contributed by atoms with Crippen LogP contribution in [-0.2, 0) is 4.74 Å². The largest absolute Gasteiger partial charge is 0.478 e. The number of ether oxygens (including phenoxy) is 1. The SMILES string of the molecule is CCCOC(CC)c1ccccc1C(=O)O. The Morgan fingerprint density at radius 3 is 2.62 bits per heavy atom. The molecule has 0 spiro atoms. The molecule has 0 heterocycles. The molecule has 0 aliphatic rings. The molecule has 0 amide bonds. The minimum atomic E-state index is -0.894. The van der Waals surface area contributed by atoms with E-state index in [4.69, 9.17) is 9.84 Å².